The Bertz CT molecular complexity index is 1330. The molecule has 4 rings (SSSR count). The Balaban J connectivity index is 1.53. The highest BCUT2D eigenvalue weighted by molar-refractivity contribution is 7.92. The molecule has 1 aliphatic heterocycles. The van der Waals surface area contributed by atoms with Gasteiger partial charge < -0.3 is 14.8 Å². The molecule has 1 fully saturated rings. The van der Waals surface area contributed by atoms with Gasteiger partial charge in [-0.15, -0.1) is 0 Å². The summed E-state index contributed by atoms with van der Waals surface area (Å²) in [5, 5.41) is 2.89. The third kappa shape index (κ3) is 6.85. The summed E-state index contributed by atoms with van der Waals surface area (Å²) >= 11 is 0. The van der Waals surface area contributed by atoms with E-state index in [0.717, 1.165) is 29.5 Å². The topological polar surface area (TPSA) is 88.2 Å². The van der Waals surface area contributed by atoms with Gasteiger partial charge in [-0.2, -0.15) is 0 Å². The van der Waals surface area contributed by atoms with E-state index in [0.29, 0.717) is 18.0 Å². The second-order valence-corrected chi connectivity index (χ2v) is 11.2. The fourth-order valence-corrected chi connectivity index (χ4v) is 6.06. The van der Waals surface area contributed by atoms with Gasteiger partial charge in [0.05, 0.1) is 24.8 Å². The summed E-state index contributed by atoms with van der Waals surface area (Å²) in [4.78, 5) is 15.7. The molecule has 1 N–H and O–H groups in total. The fraction of sp³-hybridized carbons (Fsp3) is 0.345. The van der Waals surface area contributed by atoms with E-state index >= 15 is 0 Å². The van der Waals surface area contributed by atoms with Gasteiger partial charge in [0.15, 0.2) is 0 Å². The third-order valence-corrected chi connectivity index (χ3v) is 8.38. The molecule has 0 atom stereocenters. The Hall–Kier alpha value is -3.56. The van der Waals surface area contributed by atoms with Gasteiger partial charge in [-0.05, 0) is 61.3 Å². The summed E-state index contributed by atoms with van der Waals surface area (Å²) in [5.74, 6) is 0.319. The van der Waals surface area contributed by atoms with Crippen molar-refractivity contribution in [3.8, 4) is 11.5 Å². The van der Waals surface area contributed by atoms with Crippen LogP contribution in [0.4, 0.5) is 5.69 Å². The number of hydrogen-bond donors (Lipinski definition) is 1. The van der Waals surface area contributed by atoms with Crippen molar-refractivity contribution in [2.24, 2.45) is 0 Å². The molecule has 0 aromatic heterocycles. The number of carbonyl (C=O) groups is 1. The molecule has 1 saturated heterocycles. The van der Waals surface area contributed by atoms with Crippen molar-refractivity contribution in [2.45, 2.75) is 37.2 Å². The van der Waals surface area contributed by atoms with E-state index in [1.165, 1.54) is 51.2 Å². The molecule has 0 unspecified atom stereocenters. The zero-order valence-corrected chi connectivity index (χ0v) is 22.7. The van der Waals surface area contributed by atoms with Gasteiger partial charge in [-0.25, -0.2) is 8.42 Å². The molecule has 9 heteroatoms. The number of benzene rings is 3. The summed E-state index contributed by atoms with van der Waals surface area (Å²) < 4.78 is 39.2. The smallest absolute Gasteiger partial charge is 0.264 e. The van der Waals surface area contributed by atoms with Crippen molar-refractivity contribution in [3.63, 3.8) is 0 Å². The Kier molecular flexibility index (Phi) is 9.25. The van der Waals surface area contributed by atoms with Crippen LogP contribution in [-0.2, 0) is 27.9 Å². The number of nitrogens with zero attached hydrogens (tertiary/aromatic N) is 2. The lowest BCUT2D eigenvalue weighted by Crippen LogP contribution is -2.40. The first-order valence-corrected chi connectivity index (χ1v) is 14.2. The normalized spacial score (nSPS) is 14.1. The summed E-state index contributed by atoms with van der Waals surface area (Å²) in [7, 11) is -1.13. The molecule has 0 aliphatic carbocycles. The standard InChI is InChI=1S/C29H35N3O5S/c1-36-25-14-15-28(37-2)27(19-25)32(38(34,35)26-12-5-3-6-13-26)22-29(33)30-20-23-10-9-11-24(18-23)21-31-16-7-4-8-17-31/h3,5-6,9-15,18-19H,4,7-8,16-17,20-22H2,1-2H3,(H,30,33). The van der Waals surface area contributed by atoms with Crippen LogP contribution in [0.5, 0.6) is 11.5 Å². The van der Waals surface area contributed by atoms with E-state index in [9.17, 15) is 13.2 Å². The van der Waals surface area contributed by atoms with Crippen LogP contribution in [0.15, 0.2) is 77.7 Å². The molecule has 0 radical (unpaired) electrons. The van der Waals surface area contributed by atoms with E-state index in [2.05, 4.69) is 22.3 Å². The SMILES string of the molecule is COc1ccc(OC)c(N(CC(=O)NCc2cccc(CN3CCCCC3)c2)S(=O)(=O)c2ccccc2)c1. The number of rotatable bonds is 11. The second kappa shape index (κ2) is 12.8. The van der Waals surface area contributed by atoms with Gasteiger partial charge in [0.1, 0.15) is 18.0 Å². The first kappa shape index (κ1) is 27.5. The number of carbonyl (C=O) groups excluding carboxylic acids is 1. The zero-order valence-electron chi connectivity index (χ0n) is 21.9. The van der Waals surface area contributed by atoms with Crippen molar-refractivity contribution < 1.29 is 22.7 Å². The van der Waals surface area contributed by atoms with Crippen LogP contribution in [0.1, 0.15) is 30.4 Å². The largest absolute Gasteiger partial charge is 0.497 e. The fourth-order valence-electron chi connectivity index (χ4n) is 4.61. The number of sulfonamides is 1. The van der Waals surface area contributed by atoms with Gasteiger partial charge in [0, 0.05) is 19.2 Å². The molecule has 0 spiro atoms. The molecule has 1 amide bonds. The Labute approximate surface area is 225 Å². The lowest BCUT2D eigenvalue weighted by Gasteiger charge is -2.26. The molecule has 202 valence electrons. The number of anilines is 1. The number of hydrogen-bond acceptors (Lipinski definition) is 6. The van der Waals surface area contributed by atoms with Crippen LogP contribution >= 0.6 is 0 Å². The van der Waals surface area contributed by atoms with Gasteiger partial charge in [-0.3, -0.25) is 14.0 Å². The highest BCUT2D eigenvalue weighted by Gasteiger charge is 2.29. The van der Waals surface area contributed by atoms with Crippen molar-refractivity contribution in [1.29, 1.82) is 0 Å². The maximum absolute atomic E-state index is 13.7. The lowest BCUT2D eigenvalue weighted by atomic mass is 10.1. The van der Waals surface area contributed by atoms with E-state index < -0.39 is 22.5 Å². The molecule has 0 bridgehead atoms. The molecule has 8 nitrogen and oxygen atoms in total. The first-order valence-electron chi connectivity index (χ1n) is 12.8. The van der Waals surface area contributed by atoms with Crippen molar-refractivity contribution in [1.82, 2.24) is 10.2 Å². The number of amides is 1. The van der Waals surface area contributed by atoms with Crippen LogP contribution in [0.2, 0.25) is 0 Å². The highest BCUT2D eigenvalue weighted by atomic mass is 32.2. The average Bonchev–Trinajstić information content (AvgIpc) is 2.95. The van der Waals surface area contributed by atoms with E-state index in [1.54, 1.807) is 36.4 Å². The zero-order chi connectivity index (χ0) is 27.0. The van der Waals surface area contributed by atoms with Gasteiger partial charge in [0.25, 0.3) is 10.0 Å². The minimum Gasteiger partial charge on any atom is -0.497 e. The number of methoxy groups -OCH3 is 2. The molecular weight excluding hydrogens is 502 g/mol. The minimum absolute atomic E-state index is 0.0723. The molecule has 1 aliphatic rings. The monoisotopic (exact) mass is 537 g/mol. The molecule has 3 aromatic carbocycles. The van der Waals surface area contributed by atoms with Gasteiger partial charge in [-0.1, -0.05) is 48.9 Å². The summed E-state index contributed by atoms with van der Waals surface area (Å²) in [5.41, 5.74) is 2.38. The van der Waals surface area contributed by atoms with Crippen LogP contribution in [0.3, 0.4) is 0 Å². The Morgan fingerprint density at radius 2 is 1.63 bits per heavy atom. The van der Waals surface area contributed by atoms with E-state index in [4.69, 9.17) is 9.47 Å². The Morgan fingerprint density at radius 1 is 0.895 bits per heavy atom. The van der Waals surface area contributed by atoms with Crippen molar-refractivity contribution in [3.05, 3.63) is 83.9 Å². The molecule has 0 saturated carbocycles. The molecule has 38 heavy (non-hydrogen) atoms. The van der Waals surface area contributed by atoms with Crippen molar-refractivity contribution >= 4 is 21.6 Å². The molecular formula is C29H35N3O5S. The van der Waals surface area contributed by atoms with Gasteiger partial charge in [0.2, 0.25) is 5.91 Å². The summed E-state index contributed by atoms with van der Waals surface area (Å²) in [6.45, 7) is 2.98. The van der Waals surface area contributed by atoms with Gasteiger partial charge >= 0.3 is 0 Å². The van der Waals surface area contributed by atoms with Crippen LogP contribution in [0, 0.1) is 0 Å². The highest BCUT2D eigenvalue weighted by Crippen LogP contribution is 2.35. The maximum atomic E-state index is 13.7. The second-order valence-electron chi connectivity index (χ2n) is 9.30. The average molecular weight is 538 g/mol. The number of likely N-dealkylation sites (tertiary alicyclic amines) is 1. The van der Waals surface area contributed by atoms with E-state index in [-0.39, 0.29) is 10.6 Å². The van der Waals surface area contributed by atoms with Crippen LogP contribution < -0.4 is 19.1 Å². The molecule has 1 heterocycles. The molecule has 3 aromatic rings. The summed E-state index contributed by atoms with van der Waals surface area (Å²) in [6.07, 6.45) is 3.76. The summed E-state index contributed by atoms with van der Waals surface area (Å²) in [6, 6.07) is 21.0. The quantitative estimate of drug-likeness (QED) is 0.395. The predicted octanol–water partition coefficient (Wildman–Crippen LogP) is 4.20. The van der Waals surface area contributed by atoms with Crippen LogP contribution in [0.25, 0.3) is 0 Å². The Morgan fingerprint density at radius 3 is 2.34 bits per heavy atom. The number of ether oxygens (including phenoxy) is 2. The van der Waals surface area contributed by atoms with Crippen LogP contribution in [-0.4, -0.2) is 53.1 Å². The lowest BCUT2D eigenvalue weighted by molar-refractivity contribution is -0.119. The number of nitrogens with one attached hydrogen (secondary N) is 1. The van der Waals surface area contributed by atoms with Crippen molar-refractivity contribution in [2.75, 3.05) is 38.2 Å². The maximum Gasteiger partial charge on any atom is 0.264 e. The number of piperidine rings is 1. The third-order valence-electron chi connectivity index (χ3n) is 6.61. The van der Waals surface area contributed by atoms with E-state index in [1.807, 2.05) is 12.1 Å². The minimum atomic E-state index is -4.08. The predicted molar refractivity (Wildman–Crippen MR) is 148 cm³/mol. The first-order chi connectivity index (χ1) is 18.4.